The van der Waals surface area contributed by atoms with E-state index in [0.717, 1.165) is 16.5 Å². The first kappa shape index (κ1) is 11.9. The van der Waals surface area contributed by atoms with Gasteiger partial charge in [0.15, 0.2) is 0 Å². The second kappa shape index (κ2) is 4.36. The highest BCUT2D eigenvalue weighted by atomic mass is 16.4. The predicted octanol–water partition coefficient (Wildman–Crippen LogP) is 4.04. The Hall–Kier alpha value is -1.57. The maximum absolute atomic E-state index is 11.4. The van der Waals surface area contributed by atoms with Gasteiger partial charge in [-0.05, 0) is 29.0 Å². The summed E-state index contributed by atoms with van der Waals surface area (Å²) in [4.78, 5) is 11.4. The highest BCUT2D eigenvalue weighted by Crippen LogP contribution is 2.30. The molecular formula is C15H18O2. The van der Waals surface area contributed by atoms with Crippen molar-refractivity contribution >= 4 is 11.0 Å². The molecule has 90 valence electrons. The maximum atomic E-state index is 11.4. The molecule has 2 aromatic rings. The SMILES string of the molecule is CC(C)c1ccc(C(C)C)c2oc(=O)ccc12. The van der Waals surface area contributed by atoms with E-state index in [4.69, 9.17) is 4.42 Å². The summed E-state index contributed by atoms with van der Waals surface area (Å²) in [6, 6.07) is 7.59. The topological polar surface area (TPSA) is 30.2 Å². The number of hydrogen-bond acceptors (Lipinski definition) is 2. The van der Waals surface area contributed by atoms with Crippen molar-refractivity contribution in [1.29, 1.82) is 0 Å². The standard InChI is InChI=1S/C15H18O2/c1-9(2)11-5-6-12(10(3)4)15-13(11)7-8-14(16)17-15/h5-10H,1-4H3. The molecule has 2 heteroatoms. The lowest BCUT2D eigenvalue weighted by molar-refractivity contribution is 0.553. The molecule has 0 aliphatic carbocycles. The summed E-state index contributed by atoms with van der Waals surface area (Å²) in [6.45, 7) is 8.51. The number of hydrogen-bond donors (Lipinski definition) is 0. The molecule has 0 unspecified atom stereocenters. The molecule has 0 atom stereocenters. The molecule has 1 aromatic heterocycles. The van der Waals surface area contributed by atoms with Crippen LogP contribution in [0.1, 0.15) is 50.7 Å². The van der Waals surface area contributed by atoms with E-state index in [1.165, 1.54) is 11.6 Å². The summed E-state index contributed by atoms with van der Waals surface area (Å²) >= 11 is 0. The van der Waals surface area contributed by atoms with Crippen LogP contribution in [0.2, 0.25) is 0 Å². The fraction of sp³-hybridized carbons (Fsp3) is 0.400. The molecule has 0 aliphatic rings. The van der Waals surface area contributed by atoms with Crippen molar-refractivity contribution in [2.45, 2.75) is 39.5 Å². The average Bonchev–Trinajstić information content (AvgIpc) is 2.26. The van der Waals surface area contributed by atoms with Gasteiger partial charge in [0.2, 0.25) is 0 Å². The number of fused-ring (bicyclic) bond motifs is 1. The van der Waals surface area contributed by atoms with Crippen molar-refractivity contribution in [2.24, 2.45) is 0 Å². The van der Waals surface area contributed by atoms with Gasteiger partial charge in [-0.1, -0.05) is 39.8 Å². The summed E-state index contributed by atoms with van der Waals surface area (Å²) in [5, 5.41) is 1.06. The fourth-order valence-electron chi connectivity index (χ4n) is 2.16. The fourth-order valence-corrected chi connectivity index (χ4v) is 2.16. The molecule has 0 fully saturated rings. The number of benzene rings is 1. The largest absolute Gasteiger partial charge is 0.422 e. The lowest BCUT2D eigenvalue weighted by atomic mass is 9.93. The summed E-state index contributed by atoms with van der Waals surface area (Å²) in [5.74, 6) is 0.774. The molecule has 2 rings (SSSR count). The summed E-state index contributed by atoms with van der Waals surface area (Å²) in [7, 11) is 0. The lowest BCUT2D eigenvalue weighted by Gasteiger charge is -2.13. The van der Waals surface area contributed by atoms with E-state index < -0.39 is 0 Å². The van der Waals surface area contributed by atoms with E-state index in [0.29, 0.717) is 11.8 Å². The van der Waals surface area contributed by atoms with Crippen molar-refractivity contribution in [3.63, 3.8) is 0 Å². The van der Waals surface area contributed by atoms with E-state index in [1.54, 1.807) is 0 Å². The molecule has 0 radical (unpaired) electrons. The third-order valence-corrected chi connectivity index (χ3v) is 3.09. The molecule has 0 aliphatic heterocycles. The highest BCUT2D eigenvalue weighted by molar-refractivity contribution is 5.84. The van der Waals surface area contributed by atoms with Crippen LogP contribution in [0.15, 0.2) is 33.5 Å². The second-order valence-corrected chi connectivity index (χ2v) is 5.05. The quantitative estimate of drug-likeness (QED) is 0.729. The summed E-state index contributed by atoms with van der Waals surface area (Å²) < 4.78 is 5.39. The van der Waals surface area contributed by atoms with Gasteiger partial charge in [-0.15, -0.1) is 0 Å². The Labute approximate surface area is 101 Å². The zero-order valence-corrected chi connectivity index (χ0v) is 10.8. The third kappa shape index (κ3) is 2.12. The molecule has 0 spiro atoms. The van der Waals surface area contributed by atoms with Crippen LogP contribution in [-0.4, -0.2) is 0 Å². The van der Waals surface area contributed by atoms with E-state index in [9.17, 15) is 4.79 Å². The van der Waals surface area contributed by atoms with Crippen LogP contribution in [-0.2, 0) is 0 Å². The molecule has 2 nitrogen and oxygen atoms in total. The second-order valence-electron chi connectivity index (χ2n) is 5.05. The van der Waals surface area contributed by atoms with Crippen LogP contribution in [0.25, 0.3) is 11.0 Å². The van der Waals surface area contributed by atoms with Gasteiger partial charge < -0.3 is 4.42 Å². The Morgan fingerprint density at radius 3 is 2.06 bits per heavy atom. The van der Waals surface area contributed by atoms with Crippen molar-refractivity contribution in [2.75, 3.05) is 0 Å². The first-order valence-electron chi connectivity index (χ1n) is 6.07. The van der Waals surface area contributed by atoms with Crippen molar-refractivity contribution in [1.82, 2.24) is 0 Å². The Morgan fingerprint density at radius 1 is 0.882 bits per heavy atom. The average molecular weight is 230 g/mol. The Kier molecular flexibility index (Phi) is 3.05. The molecule has 0 saturated heterocycles. The van der Waals surface area contributed by atoms with Gasteiger partial charge >= 0.3 is 5.63 Å². The molecular weight excluding hydrogens is 212 g/mol. The molecule has 1 heterocycles. The van der Waals surface area contributed by atoms with E-state index >= 15 is 0 Å². The maximum Gasteiger partial charge on any atom is 0.336 e. The normalized spacial score (nSPS) is 11.6. The molecule has 0 N–H and O–H groups in total. The number of rotatable bonds is 2. The molecule has 1 aromatic carbocycles. The van der Waals surface area contributed by atoms with Gasteiger partial charge in [-0.25, -0.2) is 4.79 Å². The van der Waals surface area contributed by atoms with Gasteiger partial charge in [-0.2, -0.15) is 0 Å². The van der Waals surface area contributed by atoms with E-state index in [-0.39, 0.29) is 5.63 Å². The first-order valence-corrected chi connectivity index (χ1v) is 6.07. The van der Waals surface area contributed by atoms with Crippen LogP contribution >= 0.6 is 0 Å². The van der Waals surface area contributed by atoms with Crippen LogP contribution in [0.4, 0.5) is 0 Å². The van der Waals surface area contributed by atoms with Gasteiger partial charge in [0, 0.05) is 11.5 Å². The zero-order valence-electron chi connectivity index (χ0n) is 10.8. The molecule has 17 heavy (non-hydrogen) atoms. The lowest BCUT2D eigenvalue weighted by Crippen LogP contribution is -2.01. The molecule has 0 amide bonds. The van der Waals surface area contributed by atoms with Crippen LogP contribution in [0, 0.1) is 0 Å². The van der Waals surface area contributed by atoms with Crippen molar-refractivity contribution < 1.29 is 4.42 Å². The highest BCUT2D eigenvalue weighted by Gasteiger charge is 2.13. The Morgan fingerprint density at radius 2 is 1.47 bits per heavy atom. The van der Waals surface area contributed by atoms with Crippen LogP contribution < -0.4 is 5.63 Å². The van der Waals surface area contributed by atoms with Crippen molar-refractivity contribution in [3.8, 4) is 0 Å². The molecule has 0 saturated carbocycles. The van der Waals surface area contributed by atoms with Gasteiger partial charge in [0.25, 0.3) is 0 Å². The monoisotopic (exact) mass is 230 g/mol. The Balaban J connectivity index is 2.85. The van der Waals surface area contributed by atoms with Crippen molar-refractivity contribution in [3.05, 3.63) is 45.8 Å². The summed E-state index contributed by atoms with van der Waals surface area (Å²) in [6.07, 6.45) is 0. The summed E-state index contributed by atoms with van der Waals surface area (Å²) in [5.41, 5.74) is 2.80. The van der Waals surface area contributed by atoms with Gasteiger partial charge in [0.1, 0.15) is 5.58 Å². The Bertz CT molecular complexity index is 591. The first-order chi connectivity index (χ1) is 8.00. The smallest absolute Gasteiger partial charge is 0.336 e. The van der Waals surface area contributed by atoms with E-state index in [2.05, 4.69) is 39.8 Å². The minimum absolute atomic E-state index is 0.277. The van der Waals surface area contributed by atoms with Gasteiger partial charge in [0.05, 0.1) is 0 Å². The van der Waals surface area contributed by atoms with Gasteiger partial charge in [-0.3, -0.25) is 0 Å². The van der Waals surface area contributed by atoms with Crippen LogP contribution in [0.5, 0.6) is 0 Å². The minimum atomic E-state index is -0.277. The third-order valence-electron chi connectivity index (χ3n) is 3.09. The minimum Gasteiger partial charge on any atom is -0.422 e. The van der Waals surface area contributed by atoms with E-state index in [1.807, 2.05) is 6.07 Å². The predicted molar refractivity (Wildman–Crippen MR) is 70.7 cm³/mol. The zero-order chi connectivity index (χ0) is 12.6. The van der Waals surface area contributed by atoms with Crippen LogP contribution in [0.3, 0.4) is 0 Å². The molecule has 0 bridgehead atoms.